The van der Waals surface area contributed by atoms with Crippen molar-refractivity contribution in [1.82, 2.24) is 20.4 Å². The van der Waals surface area contributed by atoms with Crippen molar-refractivity contribution >= 4 is 17.5 Å². The van der Waals surface area contributed by atoms with Crippen molar-refractivity contribution in [2.75, 3.05) is 31.6 Å². The number of hydrogen-bond acceptors (Lipinski definition) is 5. The number of aromatic amines is 1. The number of rotatable bonds is 2. The number of fused-ring (bicyclic) bond motifs is 1. The van der Waals surface area contributed by atoms with Gasteiger partial charge in [0, 0.05) is 31.4 Å². The van der Waals surface area contributed by atoms with Gasteiger partial charge in [-0.05, 0) is 24.3 Å². The number of carbonyl (C=O) groups excluding carboxylic acids is 2. The first-order chi connectivity index (χ1) is 11.7. The lowest BCUT2D eigenvalue weighted by molar-refractivity contribution is -0.118. The van der Waals surface area contributed by atoms with Gasteiger partial charge in [-0.15, -0.1) is 0 Å². The minimum absolute atomic E-state index is 0.00392. The summed E-state index contributed by atoms with van der Waals surface area (Å²) >= 11 is 0. The molecule has 1 aromatic carbocycles. The highest BCUT2D eigenvalue weighted by Gasteiger charge is 2.27. The van der Waals surface area contributed by atoms with E-state index < -0.39 is 0 Å². The van der Waals surface area contributed by atoms with E-state index in [4.69, 9.17) is 4.74 Å². The number of carbonyl (C=O) groups is 2. The molecule has 2 amide bonds. The van der Waals surface area contributed by atoms with Gasteiger partial charge in [0.1, 0.15) is 5.75 Å². The van der Waals surface area contributed by atoms with Crippen molar-refractivity contribution in [2.45, 2.75) is 6.04 Å². The second kappa shape index (κ2) is 5.97. The third-order valence-electron chi connectivity index (χ3n) is 4.22. The lowest BCUT2D eigenvalue weighted by atomic mass is 10.1. The molecular weight excluding hydrogens is 310 g/mol. The van der Waals surface area contributed by atoms with Crippen LogP contribution in [0.3, 0.4) is 0 Å². The topological polar surface area (TPSA) is 99.3 Å². The number of H-pyrrole nitrogens is 1. The molecule has 1 saturated heterocycles. The number of ether oxygens (including phenoxy) is 1. The van der Waals surface area contributed by atoms with Gasteiger partial charge < -0.3 is 20.3 Å². The maximum atomic E-state index is 12.8. The summed E-state index contributed by atoms with van der Waals surface area (Å²) in [6, 6.07) is 7.05. The Morgan fingerprint density at radius 3 is 3.08 bits per heavy atom. The third-order valence-corrected chi connectivity index (χ3v) is 4.22. The number of nitrogens with zero attached hydrogens (tertiary/aromatic N) is 2. The van der Waals surface area contributed by atoms with Crippen LogP contribution in [0.4, 0.5) is 5.69 Å². The van der Waals surface area contributed by atoms with E-state index >= 15 is 0 Å². The van der Waals surface area contributed by atoms with Gasteiger partial charge in [-0.25, -0.2) is 0 Å². The molecule has 0 bridgehead atoms. The van der Waals surface area contributed by atoms with Crippen LogP contribution in [0, 0.1) is 0 Å². The number of nitrogens with one attached hydrogen (secondary N) is 3. The van der Waals surface area contributed by atoms with Gasteiger partial charge in [0.25, 0.3) is 11.8 Å². The molecule has 0 radical (unpaired) electrons. The van der Waals surface area contributed by atoms with Gasteiger partial charge in [-0.2, -0.15) is 5.10 Å². The molecular formula is C16H17N5O3. The molecule has 0 spiro atoms. The molecule has 1 atom stereocenters. The van der Waals surface area contributed by atoms with Crippen LogP contribution in [0.15, 0.2) is 30.5 Å². The number of anilines is 1. The minimum Gasteiger partial charge on any atom is -0.482 e. The Labute approximate surface area is 138 Å². The Bertz CT molecular complexity index is 774. The molecule has 124 valence electrons. The first kappa shape index (κ1) is 14.7. The van der Waals surface area contributed by atoms with Gasteiger partial charge in [0.2, 0.25) is 0 Å². The monoisotopic (exact) mass is 327 g/mol. The number of aromatic nitrogens is 2. The van der Waals surface area contributed by atoms with Crippen LogP contribution in [0.5, 0.6) is 5.75 Å². The SMILES string of the molecule is O=C1COc2ccc(C(=O)N3CCNC(c4ccn[nH]4)C3)cc2N1. The van der Waals surface area contributed by atoms with E-state index in [2.05, 4.69) is 20.8 Å². The molecule has 3 heterocycles. The van der Waals surface area contributed by atoms with Gasteiger partial charge in [0.15, 0.2) is 6.61 Å². The predicted octanol–water partition coefficient (Wildman–Crippen LogP) is 0.527. The molecule has 1 fully saturated rings. The van der Waals surface area contributed by atoms with Gasteiger partial charge in [0.05, 0.1) is 17.4 Å². The van der Waals surface area contributed by atoms with Crippen molar-refractivity contribution in [3.05, 3.63) is 41.7 Å². The molecule has 1 aromatic heterocycles. The van der Waals surface area contributed by atoms with Crippen LogP contribution >= 0.6 is 0 Å². The summed E-state index contributed by atoms with van der Waals surface area (Å²) in [5.41, 5.74) is 2.03. The molecule has 24 heavy (non-hydrogen) atoms. The van der Waals surface area contributed by atoms with E-state index in [-0.39, 0.29) is 24.5 Å². The number of hydrogen-bond donors (Lipinski definition) is 3. The molecule has 2 aromatic rings. The normalized spacial score (nSPS) is 20.1. The lowest BCUT2D eigenvalue weighted by Gasteiger charge is -2.33. The van der Waals surface area contributed by atoms with Crippen LogP contribution in [0.2, 0.25) is 0 Å². The molecule has 0 saturated carbocycles. The third kappa shape index (κ3) is 2.71. The number of amides is 2. The fraction of sp³-hybridized carbons (Fsp3) is 0.312. The first-order valence-electron chi connectivity index (χ1n) is 7.79. The maximum absolute atomic E-state index is 12.8. The van der Waals surface area contributed by atoms with Crippen molar-refractivity contribution in [3.8, 4) is 5.75 Å². The lowest BCUT2D eigenvalue weighted by Crippen LogP contribution is -2.48. The largest absolute Gasteiger partial charge is 0.482 e. The highest BCUT2D eigenvalue weighted by Crippen LogP contribution is 2.29. The smallest absolute Gasteiger partial charge is 0.262 e. The van der Waals surface area contributed by atoms with Crippen molar-refractivity contribution < 1.29 is 14.3 Å². The van der Waals surface area contributed by atoms with E-state index in [9.17, 15) is 9.59 Å². The molecule has 8 nitrogen and oxygen atoms in total. The zero-order valence-electron chi connectivity index (χ0n) is 12.9. The van der Waals surface area contributed by atoms with Crippen LogP contribution in [-0.4, -0.2) is 53.2 Å². The van der Waals surface area contributed by atoms with Crippen molar-refractivity contribution in [2.24, 2.45) is 0 Å². The van der Waals surface area contributed by atoms with Crippen LogP contribution < -0.4 is 15.4 Å². The van der Waals surface area contributed by atoms with E-state index in [0.29, 0.717) is 36.6 Å². The Hall–Kier alpha value is -2.87. The van der Waals surface area contributed by atoms with Crippen LogP contribution in [0.1, 0.15) is 22.1 Å². The quantitative estimate of drug-likeness (QED) is 0.747. The molecule has 3 N–H and O–H groups in total. The van der Waals surface area contributed by atoms with Crippen molar-refractivity contribution in [3.63, 3.8) is 0 Å². The zero-order chi connectivity index (χ0) is 16.5. The van der Waals surface area contributed by atoms with E-state index in [1.807, 2.05) is 6.07 Å². The van der Waals surface area contributed by atoms with E-state index in [1.165, 1.54) is 0 Å². The summed E-state index contributed by atoms with van der Waals surface area (Å²) in [7, 11) is 0. The van der Waals surface area contributed by atoms with Crippen molar-refractivity contribution in [1.29, 1.82) is 0 Å². The number of benzene rings is 1. The van der Waals surface area contributed by atoms with Gasteiger partial charge in [-0.3, -0.25) is 14.7 Å². The molecule has 2 aliphatic rings. The molecule has 2 aliphatic heterocycles. The predicted molar refractivity (Wildman–Crippen MR) is 85.8 cm³/mol. The summed E-state index contributed by atoms with van der Waals surface area (Å²) in [4.78, 5) is 26.0. The molecule has 0 aliphatic carbocycles. The highest BCUT2D eigenvalue weighted by atomic mass is 16.5. The second-order valence-corrected chi connectivity index (χ2v) is 5.82. The van der Waals surface area contributed by atoms with Crippen LogP contribution in [0.25, 0.3) is 0 Å². The first-order valence-corrected chi connectivity index (χ1v) is 7.79. The summed E-state index contributed by atoms with van der Waals surface area (Å²) in [5, 5.41) is 13.0. The van der Waals surface area contributed by atoms with Gasteiger partial charge >= 0.3 is 0 Å². The average Bonchev–Trinajstić information content (AvgIpc) is 3.15. The fourth-order valence-electron chi connectivity index (χ4n) is 3.00. The Morgan fingerprint density at radius 2 is 2.25 bits per heavy atom. The summed E-state index contributed by atoms with van der Waals surface area (Å²) in [5.74, 6) is 0.305. The number of piperazine rings is 1. The fourth-order valence-corrected chi connectivity index (χ4v) is 3.00. The van der Waals surface area contributed by atoms with Gasteiger partial charge in [-0.1, -0.05) is 0 Å². The zero-order valence-corrected chi connectivity index (χ0v) is 12.9. The summed E-state index contributed by atoms with van der Waals surface area (Å²) in [6.07, 6.45) is 1.70. The standard InChI is InChI=1S/C16H17N5O3/c22-15-9-24-14-2-1-10(7-12(14)19-15)16(23)21-6-5-17-13(8-21)11-3-4-18-20-11/h1-4,7,13,17H,5-6,8-9H2,(H,18,20)(H,19,22). The van der Waals surface area contributed by atoms with E-state index in [0.717, 1.165) is 5.69 Å². The Kier molecular flexibility index (Phi) is 3.66. The summed E-state index contributed by atoms with van der Waals surface area (Å²) in [6.45, 7) is 1.90. The maximum Gasteiger partial charge on any atom is 0.262 e. The van der Waals surface area contributed by atoms with E-state index in [1.54, 1.807) is 29.3 Å². The highest BCUT2D eigenvalue weighted by molar-refractivity contribution is 5.99. The Balaban J connectivity index is 1.53. The van der Waals surface area contributed by atoms with Crippen LogP contribution in [-0.2, 0) is 4.79 Å². The summed E-state index contributed by atoms with van der Waals surface area (Å²) < 4.78 is 5.32. The average molecular weight is 327 g/mol. The Morgan fingerprint density at radius 1 is 1.33 bits per heavy atom. The molecule has 4 rings (SSSR count). The second-order valence-electron chi connectivity index (χ2n) is 5.82. The minimum atomic E-state index is -0.214. The molecule has 8 heteroatoms. The molecule has 1 unspecified atom stereocenters.